The Morgan fingerprint density at radius 3 is 2.59 bits per heavy atom. The van der Waals surface area contributed by atoms with E-state index in [4.69, 9.17) is 9.72 Å². The van der Waals surface area contributed by atoms with Crippen molar-refractivity contribution in [1.82, 2.24) is 24.4 Å². The van der Waals surface area contributed by atoms with Crippen LogP contribution in [0.4, 0.5) is 15.8 Å². The number of nitrogens with zero attached hydrogens (tertiary/aromatic N) is 7. The number of likely N-dealkylation sites (N-methyl/N-ethyl adjacent to an activating group) is 1. The Hall–Kier alpha value is -3.30. The van der Waals surface area contributed by atoms with Crippen molar-refractivity contribution in [2.45, 2.75) is 13.0 Å². The maximum atomic E-state index is 14.2. The van der Waals surface area contributed by atoms with Crippen LogP contribution >= 0.6 is 0 Å². The molecule has 2 fully saturated rings. The van der Waals surface area contributed by atoms with E-state index in [-0.39, 0.29) is 5.75 Å². The zero-order valence-corrected chi connectivity index (χ0v) is 19.9. The smallest absolute Gasteiger partial charge is 0.167 e. The number of piperazine rings is 1. The molecule has 3 aromatic rings. The number of rotatable bonds is 6. The molecule has 0 saturated carbocycles. The van der Waals surface area contributed by atoms with Crippen LogP contribution in [0.25, 0.3) is 11.2 Å². The van der Waals surface area contributed by atoms with Crippen LogP contribution < -0.4 is 9.64 Å². The summed E-state index contributed by atoms with van der Waals surface area (Å²) in [6.45, 7) is 11.9. The summed E-state index contributed by atoms with van der Waals surface area (Å²) < 4.78 is 21.2. The summed E-state index contributed by atoms with van der Waals surface area (Å²) in [4.78, 5) is 16.1. The molecule has 8 nitrogen and oxygen atoms in total. The van der Waals surface area contributed by atoms with Crippen molar-refractivity contribution in [3.63, 3.8) is 0 Å². The van der Waals surface area contributed by atoms with Gasteiger partial charge in [0.1, 0.15) is 0 Å². The third kappa shape index (κ3) is 3.95. The van der Waals surface area contributed by atoms with Crippen LogP contribution in [0.15, 0.2) is 41.8 Å². The summed E-state index contributed by atoms with van der Waals surface area (Å²) in [7, 11) is 3.62. The molecular weight excluding hydrogens is 433 g/mol. The van der Waals surface area contributed by atoms with Crippen molar-refractivity contribution in [3.05, 3.63) is 53.7 Å². The van der Waals surface area contributed by atoms with Gasteiger partial charge in [-0.2, -0.15) is 5.10 Å². The fourth-order valence-corrected chi connectivity index (χ4v) is 4.96. The number of anilines is 1. The second-order valence-corrected chi connectivity index (χ2v) is 8.90. The van der Waals surface area contributed by atoms with Gasteiger partial charge in [0.2, 0.25) is 0 Å². The number of methoxy groups -OCH3 is 1. The molecule has 9 heteroatoms. The van der Waals surface area contributed by atoms with Crippen molar-refractivity contribution < 1.29 is 9.13 Å². The second-order valence-electron chi connectivity index (χ2n) is 8.90. The molecule has 0 radical (unpaired) electrons. The van der Waals surface area contributed by atoms with E-state index in [2.05, 4.69) is 38.6 Å². The first kappa shape index (κ1) is 22.5. The van der Waals surface area contributed by atoms with Gasteiger partial charge in [0, 0.05) is 62.5 Å². The highest BCUT2D eigenvalue weighted by atomic mass is 19.1. The van der Waals surface area contributed by atoms with Gasteiger partial charge in [-0.05, 0) is 32.3 Å². The number of likely N-dealkylation sites (tertiary alicyclic amines) is 1. The van der Waals surface area contributed by atoms with Gasteiger partial charge in [-0.25, -0.2) is 13.9 Å². The number of aliphatic imine (C=N–C) groups is 1. The Labute approximate surface area is 199 Å². The largest absolute Gasteiger partial charge is 0.494 e. The van der Waals surface area contributed by atoms with Gasteiger partial charge in [-0.3, -0.25) is 9.89 Å². The first-order valence-electron chi connectivity index (χ1n) is 11.5. The van der Waals surface area contributed by atoms with Gasteiger partial charge < -0.3 is 14.5 Å². The average Bonchev–Trinajstić information content (AvgIpc) is 3.26. The molecule has 0 unspecified atom stereocenters. The Kier molecular flexibility index (Phi) is 6.05. The van der Waals surface area contributed by atoms with Crippen LogP contribution in [0, 0.1) is 5.82 Å². The van der Waals surface area contributed by atoms with E-state index in [0.29, 0.717) is 17.3 Å². The lowest BCUT2D eigenvalue weighted by atomic mass is 9.97. The van der Waals surface area contributed by atoms with E-state index in [9.17, 15) is 4.39 Å². The molecule has 5 rings (SSSR count). The predicted octanol–water partition coefficient (Wildman–Crippen LogP) is 3.10. The molecule has 0 N–H and O–H groups in total. The molecule has 0 spiro atoms. The van der Waals surface area contributed by atoms with Gasteiger partial charge in [-0.1, -0.05) is 6.08 Å². The zero-order valence-electron chi connectivity index (χ0n) is 19.9. The molecule has 2 aliphatic rings. The molecular formula is C25H30FN7O. The minimum Gasteiger partial charge on any atom is -0.494 e. The lowest BCUT2D eigenvalue weighted by Gasteiger charge is -2.47. The summed E-state index contributed by atoms with van der Waals surface area (Å²) in [5.41, 5.74) is 4.63. The highest BCUT2D eigenvalue weighted by molar-refractivity contribution is 5.90. The van der Waals surface area contributed by atoms with Crippen LogP contribution in [0.5, 0.6) is 5.75 Å². The molecule has 2 aromatic heterocycles. The molecule has 0 atom stereocenters. The van der Waals surface area contributed by atoms with Crippen LogP contribution in [-0.2, 0) is 0 Å². The van der Waals surface area contributed by atoms with Crippen LogP contribution in [0.3, 0.4) is 0 Å². The topological polar surface area (TPSA) is 61.5 Å². The minimum absolute atomic E-state index is 0.154. The van der Waals surface area contributed by atoms with Gasteiger partial charge in [-0.15, -0.1) is 0 Å². The van der Waals surface area contributed by atoms with Gasteiger partial charge in [0.15, 0.2) is 17.2 Å². The van der Waals surface area contributed by atoms with Crippen molar-refractivity contribution >= 4 is 29.3 Å². The van der Waals surface area contributed by atoms with E-state index < -0.39 is 5.82 Å². The highest BCUT2D eigenvalue weighted by Crippen LogP contribution is 2.37. The molecule has 0 bridgehead atoms. The van der Waals surface area contributed by atoms with Crippen LogP contribution in [0.1, 0.15) is 18.1 Å². The van der Waals surface area contributed by atoms with Crippen molar-refractivity contribution in [2.75, 3.05) is 58.3 Å². The lowest BCUT2D eigenvalue weighted by molar-refractivity contribution is 0.0487. The Balaban J connectivity index is 1.40. The van der Waals surface area contributed by atoms with Crippen molar-refractivity contribution in [3.8, 4) is 5.75 Å². The number of fused-ring (bicyclic) bond motifs is 1. The third-order valence-corrected chi connectivity index (χ3v) is 6.89. The normalized spacial score (nSPS) is 18.4. The van der Waals surface area contributed by atoms with E-state index in [1.807, 2.05) is 29.9 Å². The quantitative estimate of drug-likeness (QED) is 0.524. The second kappa shape index (κ2) is 9.15. The van der Waals surface area contributed by atoms with E-state index in [1.54, 1.807) is 12.3 Å². The Morgan fingerprint density at radius 2 is 1.94 bits per heavy atom. The number of benzene rings is 1. The van der Waals surface area contributed by atoms with E-state index in [1.165, 1.54) is 26.3 Å². The fourth-order valence-electron chi connectivity index (χ4n) is 4.96. The number of hydrogen-bond donors (Lipinski definition) is 0. The van der Waals surface area contributed by atoms with E-state index in [0.717, 1.165) is 48.7 Å². The minimum atomic E-state index is -0.476. The van der Waals surface area contributed by atoms with Gasteiger partial charge in [0.05, 0.1) is 37.1 Å². The number of ether oxygens (including phenoxy) is 1. The summed E-state index contributed by atoms with van der Waals surface area (Å²) in [6, 6.07) is 3.68. The third-order valence-electron chi connectivity index (χ3n) is 6.89. The molecule has 4 heterocycles. The van der Waals surface area contributed by atoms with Crippen LogP contribution in [0.2, 0.25) is 0 Å². The monoisotopic (exact) mass is 463 g/mol. The highest BCUT2D eigenvalue weighted by Gasteiger charge is 2.31. The van der Waals surface area contributed by atoms with E-state index >= 15 is 0 Å². The Bertz CT molecular complexity index is 1240. The first-order valence-corrected chi connectivity index (χ1v) is 11.5. The Morgan fingerprint density at radius 1 is 1.18 bits per heavy atom. The predicted molar refractivity (Wildman–Crippen MR) is 133 cm³/mol. The number of aromatic nitrogens is 3. The molecule has 1 aromatic carbocycles. The van der Waals surface area contributed by atoms with Gasteiger partial charge in [0.25, 0.3) is 0 Å². The number of halogens is 1. The van der Waals surface area contributed by atoms with Crippen molar-refractivity contribution in [2.24, 2.45) is 4.99 Å². The average molecular weight is 464 g/mol. The number of hydrogen-bond acceptors (Lipinski definition) is 7. The lowest BCUT2D eigenvalue weighted by Crippen LogP contribution is -2.62. The summed E-state index contributed by atoms with van der Waals surface area (Å²) in [5, 5.41) is 4.58. The molecule has 34 heavy (non-hydrogen) atoms. The summed E-state index contributed by atoms with van der Waals surface area (Å²) in [5.74, 6) is -0.322. The molecule has 0 aliphatic carbocycles. The maximum absolute atomic E-state index is 14.2. The van der Waals surface area contributed by atoms with Crippen LogP contribution in [-0.4, -0.2) is 90.6 Å². The molecule has 2 saturated heterocycles. The van der Waals surface area contributed by atoms with Crippen molar-refractivity contribution in [1.29, 1.82) is 0 Å². The fraction of sp³-hybridized carbons (Fsp3) is 0.400. The molecule has 2 aliphatic heterocycles. The SMILES string of the molecule is C=Nc1cc(F)c(OC)cc1/C(=C\C)c1cnn2cc(N3CCN(C4CN(C)C4)CC3)cnc12. The van der Waals surface area contributed by atoms with Gasteiger partial charge >= 0.3 is 0 Å². The maximum Gasteiger partial charge on any atom is 0.167 e. The zero-order chi connectivity index (χ0) is 23.8. The first-order chi connectivity index (χ1) is 16.5. The summed E-state index contributed by atoms with van der Waals surface area (Å²) >= 11 is 0. The standard InChI is InChI=1S/C25H30FN7O/c1-5-19(20-10-24(34-4)22(26)11-23(20)27-2)21-13-29-33-16-17(12-28-25(21)33)31-6-8-32(9-7-31)18-14-30(3)15-18/h5,10-13,16,18H,2,6-9,14-15H2,1,3-4H3/b19-5+. The molecule has 0 amide bonds. The molecule has 178 valence electrons. The number of allylic oxidation sites excluding steroid dienone is 1. The summed E-state index contributed by atoms with van der Waals surface area (Å²) in [6.07, 6.45) is 7.68.